The van der Waals surface area contributed by atoms with E-state index < -0.39 is 21.0 Å². The van der Waals surface area contributed by atoms with Crippen molar-refractivity contribution in [2.24, 2.45) is 0 Å². The summed E-state index contributed by atoms with van der Waals surface area (Å²) in [4.78, 5) is 16.5. The van der Waals surface area contributed by atoms with Crippen LogP contribution in [0.25, 0.3) is 10.9 Å². The van der Waals surface area contributed by atoms with Gasteiger partial charge in [0.2, 0.25) is 5.91 Å². The first-order valence-corrected chi connectivity index (χ1v) is 11.2. The molecule has 0 aliphatic carbocycles. The first kappa shape index (κ1) is 19.9. The largest absolute Gasteiger partial charge is 0.361 e. The molecule has 1 unspecified atom stereocenters. The van der Waals surface area contributed by atoms with E-state index in [4.69, 9.17) is 0 Å². The molecule has 0 saturated carbocycles. The Bertz CT molecular complexity index is 1280. The predicted octanol–water partition coefficient (Wildman–Crippen LogP) is 4.50. The number of rotatable bonds is 6. The highest BCUT2D eigenvalue weighted by atomic mass is 32.2. The number of fused-ring (bicyclic) bond motifs is 1. The van der Waals surface area contributed by atoms with Crippen molar-refractivity contribution in [2.45, 2.75) is 23.5 Å². The fraction of sp³-hybridized carbons (Fsp3) is 0.125. The molecular weight excluding hydrogens is 396 g/mol. The van der Waals surface area contributed by atoms with Gasteiger partial charge in [-0.3, -0.25) is 4.79 Å². The van der Waals surface area contributed by atoms with Crippen LogP contribution < -0.4 is 5.32 Å². The third kappa shape index (κ3) is 4.00. The zero-order valence-electron chi connectivity index (χ0n) is 16.5. The molecule has 0 aliphatic heterocycles. The maximum atomic E-state index is 13.5. The molecule has 3 aromatic carbocycles. The van der Waals surface area contributed by atoms with Gasteiger partial charge in [-0.05, 0) is 42.8 Å². The van der Waals surface area contributed by atoms with Gasteiger partial charge in [0.05, 0.1) is 4.90 Å². The van der Waals surface area contributed by atoms with E-state index in [0.29, 0.717) is 5.69 Å². The van der Waals surface area contributed by atoms with Crippen molar-refractivity contribution in [1.29, 1.82) is 0 Å². The number of amides is 1. The Labute approximate surface area is 175 Å². The number of carbonyl (C=O) groups is 1. The van der Waals surface area contributed by atoms with Gasteiger partial charge in [0.15, 0.2) is 9.84 Å². The molecule has 1 atom stereocenters. The number of hydrogen-bond donors (Lipinski definition) is 2. The molecule has 1 amide bonds. The monoisotopic (exact) mass is 418 g/mol. The van der Waals surface area contributed by atoms with Gasteiger partial charge in [0, 0.05) is 29.2 Å². The fourth-order valence-electron chi connectivity index (χ4n) is 3.48. The highest BCUT2D eigenvalue weighted by Gasteiger charge is 2.35. The Balaban J connectivity index is 1.74. The molecule has 1 heterocycles. The molecule has 0 saturated heterocycles. The first-order valence-electron chi connectivity index (χ1n) is 9.66. The fourth-order valence-corrected chi connectivity index (χ4v) is 5.06. The molecule has 1 aromatic heterocycles. The van der Waals surface area contributed by atoms with Crippen molar-refractivity contribution in [3.63, 3.8) is 0 Å². The SMILES string of the molecule is Cc1ccc(S(=O)(=O)C(Cc2c[nH]c3ccccc23)C(=O)Nc2ccccc2)cc1. The molecule has 30 heavy (non-hydrogen) atoms. The lowest BCUT2D eigenvalue weighted by atomic mass is 10.1. The molecule has 4 rings (SSSR count). The van der Waals surface area contributed by atoms with Gasteiger partial charge in [0.25, 0.3) is 0 Å². The third-order valence-electron chi connectivity index (χ3n) is 5.14. The molecule has 0 radical (unpaired) electrons. The quantitative estimate of drug-likeness (QED) is 0.484. The summed E-state index contributed by atoms with van der Waals surface area (Å²) in [6.07, 6.45) is 1.84. The van der Waals surface area contributed by atoms with Crippen LogP contribution in [0.4, 0.5) is 5.69 Å². The minimum absolute atomic E-state index is 0.0683. The highest BCUT2D eigenvalue weighted by Crippen LogP contribution is 2.25. The molecule has 4 aromatic rings. The van der Waals surface area contributed by atoms with Crippen LogP contribution >= 0.6 is 0 Å². The topological polar surface area (TPSA) is 79.0 Å². The molecular formula is C24H22N2O3S. The van der Waals surface area contributed by atoms with Crippen LogP contribution in [0, 0.1) is 6.92 Å². The Kier molecular flexibility index (Phi) is 5.42. The van der Waals surface area contributed by atoms with E-state index in [9.17, 15) is 13.2 Å². The van der Waals surface area contributed by atoms with Crippen LogP contribution in [0.3, 0.4) is 0 Å². The number of aromatic amines is 1. The van der Waals surface area contributed by atoms with Gasteiger partial charge in [0.1, 0.15) is 5.25 Å². The van der Waals surface area contributed by atoms with Crippen LogP contribution in [0.1, 0.15) is 11.1 Å². The number of sulfone groups is 1. The number of hydrogen-bond acceptors (Lipinski definition) is 3. The van der Waals surface area contributed by atoms with Crippen LogP contribution in [0.5, 0.6) is 0 Å². The van der Waals surface area contributed by atoms with Gasteiger partial charge >= 0.3 is 0 Å². The lowest BCUT2D eigenvalue weighted by Gasteiger charge is -2.18. The van der Waals surface area contributed by atoms with Crippen molar-refractivity contribution in [3.8, 4) is 0 Å². The molecule has 0 bridgehead atoms. The zero-order valence-corrected chi connectivity index (χ0v) is 17.3. The number of carbonyl (C=O) groups excluding carboxylic acids is 1. The predicted molar refractivity (Wildman–Crippen MR) is 119 cm³/mol. The average molecular weight is 419 g/mol. The van der Waals surface area contributed by atoms with Crippen LogP contribution in [-0.4, -0.2) is 24.6 Å². The minimum atomic E-state index is -3.91. The lowest BCUT2D eigenvalue weighted by molar-refractivity contribution is -0.115. The number of benzene rings is 3. The normalized spacial score (nSPS) is 12.6. The number of aryl methyl sites for hydroxylation is 1. The van der Waals surface area contributed by atoms with Crippen LogP contribution in [-0.2, 0) is 21.1 Å². The van der Waals surface area contributed by atoms with E-state index in [-0.39, 0.29) is 11.3 Å². The smallest absolute Gasteiger partial charge is 0.243 e. The number of para-hydroxylation sites is 2. The number of nitrogens with one attached hydrogen (secondary N) is 2. The van der Waals surface area contributed by atoms with Crippen molar-refractivity contribution in [3.05, 3.63) is 96.2 Å². The maximum absolute atomic E-state index is 13.5. The summed E-state index contributed by atoms with van der Waals surface area (Å²) in [5.41, 5.74) is 3.21. The van der Waals surface area contributed by atoms with Crippen molar-refractivity contribution >= 4 is 32.3 Å². The first-order chi connectivity index (χ1) is 14.4. The summed E-state index contributed by atoms with van der Waals surface area (Å²) in [5, 5.41) is 2.41. The summed E-state index contributed by atoms with van der Waals surface area (Å²) in [5.74, 6) is -0.549. The van der Waals surface area contributed by atoms with E-state index in [2.05, 4.69) is 10.3 Å². The Morgan fingerprint density at radius 3 is 2.33 bits per heavy atom. The molecule has 0 spiro atoms. The van der Waals surface area contributed by atoms with Crippen LogP contribution in [0.15, 0.2) is 90.0 Å². The minimum Gasteiger partial charge on any atom is -0.361 e. The summed E-state index contributed by atoms with van der Waals surface area (Å²) >= 11 is 0. The number of anilines is 1. The van der Waals surface area contributed by atoms with Gasteiger partial charge < -0.3 is 10.3 Å². The molecule has 2 N–H and O–H groups in total. The van der Waals surface area contributed by atoms with Gasteiger partial charge in [-0.25, -0.2) is 8.42 Å². The molecule has 0 fully saturated rings. The van der Waals surface area contributed by atoms with Gasteiger partial charge in [-0.1, -0.05) is 54.1 Å². The highest BCUT2D eigenvalue weighted by molar-refractivity contribution is 7.92. The Hall–Kier alpha value is -3.38. The van der Waals surface area contributed by atoms with Gasteiger partial charge in [-0.2, -0.15) is 0 Å². The maximum Gasteiger partial charge on any atom is 0.243 e. The zero-order chi connectivity index (χ0) is 21.1. The second kappa shape index (κ2) is 8.16. The summed E-state index contributed by atoms with van der Waals surface area (Å²) in [6.45, 7) is 1.89. The van der Waals surface area contributed by atoms with E-state index in [1.807, 2.05) is 37.3 Å². The average Bonchev–Trinajstić information content (AvgIpc) is 3.16. The molecule has 6 heteroatoms. The Morgan fingerprint density at radius 2 is 1.60 bits per heavy atom. The van der Waals surface area contributed by atoms with E-state index in [1.165, 1.54) is 0 Å². The molecule has 5 nitrogen and oxygen atoms in total. The lowest BCUT2D eigenvalue weighted by Crippen LogP contribution is -2.37. The van der Waals surface area contributed by atoms with Crippen LogP contribution in [0.2, 0.25) is 0 Å². The number of H-pyrrole nitrogens is 1. The Morgan fingerprint density at radius 1 is 0.933 bits per heavy atom. The van der Waals surface area contributed by atoms with E-state index in [1.54, 1.807) is 54.7 Å². The van der Waals surface area contributed by atoms with Crippen molar-refractivity contribution in [1.82, 2.24) is 4.98 Å². The van der Waals surface area contributed by atoms with Crippen molar-refractivity contribution < 1.29 is 13.2 Å². The third-order valence-corrected chi connectivity index (χ3v) is 7.20. The summed E-state index contributed by atoms with van der Waals surface area (Å²) in [7, 11) is -3.91. The second-order valence-corrected chi connectivity index (χ2v) is 9.40. The summed E-state index contributed by atoms with van der Waals surface area (Å²) < 4.78 is 26.9. The summed E-state index contributed by atoms with van der Waals surface area (Å²) in [6, 6.07) is 23.1. The second-order valence-electron chi connectivity index (χ2n) is 7.27. The molecule has 152 valence electrons. The van der Waals surface area contributed by atoms with E-state index in [0.717, 1.165) is 22.0 Å². The van der Waals surface area contributed by atoms with Crippen molar-refractivity contribution in [2.75, 3.05) is 5.32 Å². The standard InChI is InChI=1S/C24H22N2O3S/c1-17-11-13-20(14-12-17)30(28,29)23(24(27)26-19-7-3-2-4-8-19)15-18-16-25-22-10-6-5-9-21(18)22/h2-14,16,23,25H,15H2,1H3,(H,26,27). The molecule has 0 aliphatic rings. The number of aromatic nitrogens is 1. The van der Waals surface area contributed by atoms with E-state index >= 15 is 0 Å². The van der Waals surface area contributed by atoms with Gasteiger partial charge in [-0.15, -0.1) is 0 Å².